The van der Waals surface area contributed by atoms with E-state index < -0.39 is 0 Å². The third-order valence-electron chi connectivity index (χ3n) is 2.51. The summed E-state index contributed by atoms with van der Waals surface area (Å²) in [5, 5.41) is 17.1. The first-order chi connectivity index (χ1) is 10.2. The number of aryl methyl sites for hydroxylation is 1. The van der Waals surface area contributed by atoms with Crippen molar-refractivity contribution in [3.05, 3.63) is 47.9 Å². The molecule has 0 saturated heterocycles. The molecule has 1 aromatic carbocycles. The maximum atomic E-state index is 13.2. The highest BCUT2D eigenvalue weighted by Gasteiger charge is 2.16. The molecule has 0 fully saturated rings. The summed E-state index contributed by atoms with van der Waals surface area (Å²) in [6.07, 6.45) is 1.70. The molecule has 8 heteroatoms. The molecule has 2 aromatic rings. The second-order valence-electron chi connectivity index (χ2n) is 4.02. The van der Waals surface area contributed by atoms with E-state index in [0.717, 1.165) is 0 Å². The zero-order valence-electron chi connectivity index (χ0n) is 11.2. The lowest BCUT2D eigenvalue weighted by atomic mass is 10.2. The number of aliphatic imine (C=N–C) groups is 1. The van der Waals surface area contributed by atoms with Crippen LogP contribution in [0.5, 0.6) is 0 Å². The van der Waals surface area contributed by atoms with Crippen molar-refractivity contribution in [1.29, 1.82) is 0 Å². The van der Waals surface area contributed by atoms with Crippen LogP contribution in [0.1, 0.15) is 11.3 Å². The first kappa shape index (κ1) is 15.2. The Kier molecular flexibility index (Phi) is 5.07. The summed E-state index contributed by atoms with van der Waals surface area (Å²) in [5.41, 5.74) is 3.15. The van der Waals surface area contributed by atoms with Gasteiger partial charge < -0.3 is 0 Å². The third kappa shape index (κ3) is 3.67. The Morgan fingerprint density at radius 2 is 2.38 bits per heavy atom. The van der Waals surface area contributed by atoms with E-state index in [1.54, 1.807) is 19.1 Å². The van der Waals surface area contributed by atoms with Crippen molar-refractivity contribution in [2.24, 2.45) is 4.99 Å². The van der Waals surface area contributed by atoms with E-state index in [1.807, 2.05) is 5.48 Å². The number of rotatable bonds is 5. The van der Waals surface area contributed by atoms with Gasteiger partial charge in [-0.15, -0.1) is 6.58 Å². The van der Waals surface area contributed by atoms with Crippen LogP contribution in [0, 0.1) is 12.7 Å². The van der Waals surface area contributed by atoms with Crippen LogP contribution in [0.4, 0.5) is 10.1 Å². The maximum absolute atomic E-state index is 13.2. The van der Waals surface area contributed by atoms with Crippen LogP contribution < -0.4 is 5.48 Å². The van der Waals surface area contributed by atoms with Crippen LogP contribution in [0.25, 0.3) is 0 Å². The first-order valence-electron chi connectivity index (χ1n) is 5.97. The summed E-state index contributed by atoms with van der Waals surface area (Å²) >= 11 is 1.34. The fourth-order valence-electron chi connectivity index (χ4n) is 1.52. The predicted molar refractivity (Wildman–Crippen MR) is 77.5 cm³/mol. The maximum Gasteiger partial charge on any atom is 0.186 e. The smallest absolute Gasteiger partial charge is 0.186 e. The number of hydroxylamine groups is 1. The number of amidine groups is 1. The molecule has 0 aliphatic rings. The quantitative estimate of drug-likeness (QED) is 0.290. The van der Waals surface area contributed by atoms with Crippen molar-refractivity contribution in [2.75, 3.05) is 5.75 Å². The number of benzene rings is 1. The number of hydrogen-bond acceptors (Lipinski definition) is 6. The Labute approximate surface area is 124 Å². The van der Waals surface area contributed by atoms with Crippen LogP contribution in [0.2, 0.25) is 0 Å². The molecule has 0 unspecified atom stereocenters. The average molecular weight is 308 g/mol. The van der Waals surface area contributed by atoms with Crippen LogP contribution in [-0.4, -0.2) is 27.1 Å². The van der Waals surface area contributed by atoms with E-state index in [9.17, 15) is 9.60 Å². The van der Waals surface area contributed by atoms with Crippen LogP contribution in [-0.2, 0) is 0 Å². The first-order valence-corrected chi connectivity index (χ1v) is 6.96. The molecular formula is C13H13FN4O2S. The summed E-state index contributed by atoms with van der Waals surface area (Å²) in [4.78, 5) is 4.18. The highest BCUT2D eigenvalue weighted by molar-refractivity contribution is 7.99. The Morgan fingerprint density at radius 3 is 3.05 bits per heavy atom. The van der Waals surface area contributed by atoms with Crippen molar-refractivity contribution in [3.8, 4) is 0 Å². The lowest BCUT2D eigenvalue weighted by Gasteiger charge is -2.03. The second-order valence-corrected chi connectivity index (χ2v) is 5.03. The molecule has 0 radical (unpaired) electrons. The minimum Gasteiger partial charge on any atom is -0.290 e. The fraction of sp³-hybridized carbons (Fsp3) is 0.154. The Hall–Kier alpha value is -2.19. The average Bonchev–Trinajstić information content (AvgIpc) is 2.94. The molecule has 1 heterocycles. The monoisotopic (exact) mass is 308 g/mol. The fourth-order valence-corrected chi connectivity index (χ4v) is 2.15. The third-order valence-corrected chi connectivity index (χ3v) is 3.45. The van der Waals surface area contributed by atoms with E-state index in [1.165, 1.54) is 23.9 Å². The van der Waals surface area contributed by atoms with Crippen LogP contribution >= 0.6 is 11.8 Å². The van der Waals surface area contributed by atoms with E-state index in [0.29, 0.717) is 22.0 Å². The molecule has 0 amide bonds. The molecule has 0 bridgehead atoms. The largest absolute Gasteiger partial charge is 0.290 e. The van der Waals surface area contributed by atoms with E-state index in [2.05, 4.69) is 26.5 Å². The standard InChI is InChI=1S/C13H13FN4O2S/c1-3-6-21-13-11(17-20-18-13)12(16-19)15-9-4-5-10(14)8(2)7-9/h3-5,7,19H,1,6H2,2H3,(H,15,16). The van der Waals surface area contributed by atoms with Crippen molar-refractivity contribution < 1.29 is 14.2 Å². The Balaban J connectivity index is 2.34. The molecule has 1 aromatic heterocycles. The summed E-state index contributed by atoms with van der Waals surface area (Å²) < 4.78 is 17.9. The molecule has 6 nitrogen and oxygen atoms in total. The van der Waals surface area contributed by atoms with Gasteiger partial charge in [-0.05, 0) is 41.0 Å². The zero-order valence-corrected chi connectivity index (χ0v) is 12.0. The molecule has 2 N–H and O–H groups in total. The summed E-state index contributed by atoms with van der Waals surface area (Å²) in [7, 11) is 0. The summed E-state index contributed by atoms with van der Waals surface area (Å²) in [6, 6.07) is 4.35. The second kappa shape index (κ2) is 7.00. The number of aromatic nitrogens is 2. The number of halogens is 1. The Morgan fingerprint density at radius 1 is 1.57 bits per heavy atom. The lowest BCUT2D eigenvalue weighted by Crippen LogP contribution is -2.21. The predicted octanol–water partition coefficient (Wildman–Crippen LogP) is 2.85. The van der Waals surface area contributed by atoms with Gasteiger partial charge in [-0.1, -0.05) is 17.8 Å². The number of nitrogens with zero attached hydrogens (tertiary/aromatic N) is 3. The summed E-state index contributed by atoms with van der Waals surface area (Å²) in [5.74, 6) is 0.349. The van der Waals surface area contributed by atoms with Crippen LogP contribution in [0.15, 0.2) is 45.5 Å². The number of nitrogens with one attached hydrogen (secondary N) is 1. The highest BCUT2D eigenvalue weighted by atomic mass is 32.2. The topological polar surface area (TPSA) is 83.5 Å². The molecule has 0 spiro atoms. The van der Waals surface area contributed by atoms with Gasteiger partial charge in [0.05, 0.1) is 5.69 Å². The normalized spacial score (nSPS) is 11.5. The molecular weight excluding hydrogens is 295 g/mol. The minimum atomic E-state index is -0.321. The van der Waals surface area contributed by atoms with Gasteiger partial charge in [0.15, 0.2) is 16.6 Å². The van der Waals surface area contributed by atoms with Crippen molar-refractivity contribution in [3.63, 3.8) is 0 Å². The SMILES string of the molecule is C=CCSc1nonc1C(=Nc1ccc(F)c(C)c1)NO. The van der Waals surface area contributed by atoms with Gasteiger partial charge in [-0.3, -0.25) is 10.7 Å². The summed E-state index contributed by atoms with van der Waals surface area (Å²) in [6.45, 7) is 5.24. The molecule has 0 aliphatic carbocycles. The van der Waals surface area contributed by atoms with Gasteiger partial charge in [0.25, 0.3) is 0 Å². The molecule has 110 valence electrons. The lowest BCUT2D eigenvalue weighted by molar-refractivity contribution is 0.234. The highest BCUT2D eigenvalue weighted by Crippen LogP contribution is 2.22. The van der Waals surface area contributed by atoms with Crippen molar-refractivity contribution in [2.45, 2.75) is 11.9 Å². The zero-order chi connectivity index (χ0) is 15.2. The number of thioether (sulfide) groups is 1. The molecule has 2 rings (SSSR count). The van der Waals surface area contributed by atoms with Gasteiger partial charge in [0, 0.05) is 5.75 Å². The van der Waals surface area contributed by atoms with Gasteiger partial charge >= 0.3 is 0 Å². The molecule has 0 atom stereocenters. The molecule has 21 heavy (non-hydrogen) atoms. The minimum absolute atomic E-state index is 0.0637. The van der Waals surface area contributed by atoms with Crippen LogP contribution in [0.3, 0.4) is 0 Å². The van der Waals surface area contributed by atoms with E-state index in [4.69, 9.17) is 0 Å². The van der Waals surface area contributed by atoms with E-state index >= 15 is 0 Å². The Bertz CT molecular complexity index is 672. The molecule has 0 saturated carbocycles. The molecule has 0 aliphatic heterocycles. The van der Waals surface area contributed by atoms with Crippen molar-refractivity contribution in [1.82, 2.24) is 15.8 Å². The van der Waals surface area contributed by atoms with Gasteiger partial charge in [-0.25, -0.2) is 14.0 Å². The van der Waals surface area contributed by atoms with E-state index in [-0.39, 0.29) is 17.3 Å². The number of hydrogen-bond donors (Lipinski definition) is 2. The van der Waals surface area contributed by atoms with Crippen molar-refractivity contribution >= 4 is 23.3 Å². The van der Waals surface area contributed by atoms with Gasteiger partial charge in [0.2, 0.25) is 0 Å². The van der Waals surface area contributed by atoms with Gasteiger partial charge in [-0.2, -0.15) is 0 Å². The van der Waals surface area contributed by atoms with Gasteiger partial charge in [0.1, 0.15) is 5.82 Å².